The molecule has 19 heavy (non-hydrogen) atoms. The third-order valence-corrected chi connectivity index (χ3v) is 4.50. The van der Waals surface area contributed by atoms with Gasteiger partial charge in [-0.15, -0.1) is 0 Å². The SMILES string of the molecule is CCC(CC1CC1c1ccccc1)c1ccccc1. The summed E-state index contributed by atoms with van der Waals surface area (Å²) >= 11 is 0. The Balaban J connectivity index is 1.63. The molecular weight excluding hydrogens is 228 g/mol. The molecule has 3 atom stereocenters. The fourth-order valence-corrected chi connectivity index (χ4v) is 3.25. The summed E-state index contributed by atoms with van der Waals surface area (Å²) in [5, 5.41) is 0. The second-order valence-electron chi connectivity index (χ2n) is 5.76. The van der Waals surface area contributed by atoms with E-state index in [1.54, 1.807) is 0 Å². The van der Waals surface area contributed by atoms with E-state index in [0.29, 0.717) is 0 Å². The van der Waals surface area contributed by atoms with Crippen molar-refractivity contribution < 1.29 is 0 Å². The lowest BCUT2D eigenvalue weighted by atomic mass is 9.90. The van der Waals surface area contributed by atoms with Crippen LogP contribution in [0.4, 0.5) is 0 Å². The fourth-order valence-electron chi connectivity index (χ4n) is 3.25. The summed E-state index contributed by atoms with van der Waals surface area (Å²) in [6, 6.07) is 22.0. The van der Waals surface area contributed by atoms with Crippen LogP contribution >= 0.6 is 0 Å². The van der Waals surface area contributed by atoms with Gasteiger partial charge in [-0.1, -0.05) is 67.6 Å². The molecule has 2 aromatic carbocycles. The molecule has 1 aliphatic rings. The van der Waals surface area contributed by atoms with Crippen molar-refractivity contribution in [2.75, 3.05) is 0 Å². The zero-order valence-corrected chi connectivity index (χ0v) is 11.6. The van der Waals surface area contributed by atoms with Crippen molar-refractivity contribution in [1.82, 2.24) is 0 Å². The molecule has 98 valence electrons. The molecule has 0 aromatic heterocycles. The summed E-state index contributed by atoms with van der Waals surface area (Å²) in [6.07, 6.45) is 3.98. The first kappa shape index (κ1) is 12.5. The molecular formula is C19H22. The Labute approximate surface area is 116 Å². The Kier molecular flexibility index (Phi) is 3.68. The van der Waals surface area contributed by atoms with Gasteiger partial charge in [-0.05, 0) is 48.1 Å². The summed E-state index contributed by atoms with van der Waals surface area (Å²) in [6.45, 7) is 2.32. The van der Waals surface area contributed by atoms with Crippen LogP contribution in [0.3, 0.4) is 0 Å². The standard InChI is InChI=1S/C19H22/c1-2-15(16-9-5-3-6-10-16)13-18-14-19(18)17-11-7-4-8-12-17/h3-12,15,18-19H,2,13-14H2,1H3. The smallest absolute Gasteiger partial charge is 0.0130 e. The lowest BCUT2D eigenvalue weighted by Gasteiger charge is -2.15. The van der Waals surface area contributed by atoms with Gasteiger partial charge in [-0.25, -0.2) is 0 Å². The van der Waals surface area contributed by atoms with Crippen LogP contribution in [0.15, 0.2) is 60.7 Å². The van der Waals surface area contributed by atoms with Crippen molar-refractivity contribution in [2.24, 2.45) is 5.92 Å². The van der Waals surface area contributed by atoms with Crippen molar-refractivity contribution in [1.29, 1.82) is 0 Å². The van der Waals surface area contributed by atoms with Crippen molar-refractivity contribution in [3.05, 3.63) is 71.8 Å². The molecule has 0 N–H and O–H groups in total. The molecule has 0 aliphatic heterocycles. The summed E-state index contributed by atoms with van der Waals surface area (Å²) in [5.74, 6) is 2.45. The van der Waals surface area contributed by atoms with Gasteiger partial charge in [-0.2, -0.15) is 0 Å². The average Bonchev–Trinajstić information content (AvgIpc) is 3.26. The lowest BCUT2D eigenvalue weighted by Crippen LogP contribution is -1.99. The van der Waals surface area contributed by atoms with Crippen LogP contribution in [0.1, 0.15) is 49.1 Å². The molecule has 3 unspecified atom stereocenters. The first-order chi connectivity index (χ1) is 9.38. The Bertz CT molecular complexity index is 500. The number of hydrogen-bond acceptors (Lipinski definition) is 0. The second-order valence-corrected chi connectivity index (χ2v) is 5.76. The van der Waals surface area contributed by atoms with Crippen LogP contribution in [-0.4, -0.2) is 0 Å². The van der Waals surface area contributed by atoms with Crippen LogP contribution in [0.25, 0.3) is 0 Å². The summed E-state index contributed by atoms with van der Waals surface area (Å²) in [4.78, 5) is 0. The van der Waals surface area contributed by atoms with Crippen LogP contribution in [0, 0.1) is 5.92 Å². The van der Waals surface area contributed by atoms with E-state index in [9.17, 15) is 0 Å². The van der Waals surface area contributed by atoms with Gasteiger partial charge in [-0.3, -0.25) is 0 Å². The highest BCUT2D eigenvalue weighted by Gasteiger charge is 2.39. The molecule has 0 amide bonds. The zero-order valence-electron chi connectivity index (χ0n) is 11.6. The van der Waals surface area contributed by atoms with Crippen molar-refractivity contribution >= 4 is 0 Å². The lowest BCUT2D eigenvalue weighted by molar-refractivity contribution is 0.553. The predicted molar refractivity (Wildman–Crippen MR) is 81.4 cm³/mol. The van der Waals surface area contributed by atoms with Crippen LogP contribution in [0.2, 0.25) is 0 Å². The molecule has 1 aliphatic carbocycles. The number of benzene rings is 2. The molecule has 2 aromatic rings. The van der Waals surface area contributed by atoms with Crippen molar-refractivity contribution in [3.8, 4) is 0 Å². The highest BCUT2D eigenvalue weighted by atomic mass is 14.4. The Morgan fingerprint density at radius 1 is 0.947 bits per heavy atom. The number of hydrogen-bond donors (Lipinski definition) is 0. The molecule has 0 saturated heterocycles. The van der Waals surface area contributed by atoms with E-state index in [-0.39, 0.29) is 0 Å². The molecule has 0 heterocycles. The van der Waals surface area contributed by atoms with E-state index in [1.807, 2.05) is 0 Å². The molecule has 0 radical (unpaired) electrons. The minimum atomic E-state index is 0.736. The third-order valence-electron chi connectivity index (χ3n) is 4.50. The normalized spacial score (nSPS) is 23.0. The molecule has 1 fully saturated rings. The van der Waals surface area contributed by atoms with Crippen LogP contribution in [-0.2, 0) is 0 Å². The van der Waals surface area contributed by atoms with Gasteiger partial charge < -0.3 is 0 Å². The fraction of sp³-hybridized carbons (Fsp3) is 0.368. The topological polar surface area (TPSA) is 0 Å². The van der Waals surface area contributed by atoms with Crippen molar-refractivity contribution in [3.63, 3.8) is 0 Å². The Hall–Kier alpha value is -1.56. The molecule has 0 spiro atoms. The first-order valence-electron chi connectivity index (χ1n) is 7.48. The first-order valence-corrected chi connectivity index (χ1v) is 7.48. The average molecular weight is 250 g/mol. The van der Waals surface area contributed by atoms with Gasteiger partial charge in [0.15, 0.2) is 0 Å². The Morgan fingerprint density at radius 3 is 2.21 bits per heavy atom. The largest absolute Gasteiger partial charge is 0.0648 e. The molecule has 0 heteroatoms. The molecule has 0 nitrogen and oxygen atoms in total. The van der Waals surface area contributed by atoms with Gasteiger partial charge in [0.25, 0.3) is 0 Å². The van der Waals surface area contributed by atoms with E-state index >= 15 is 0 Å². The van der Waals surface area contributed by atoms with E-state index in [0.717, 1.165) is 17.8 Å². The van der Waals surface area contributed by atoms with E-state index in [1.165, 1.54) is 30.4 Å². The summed E-state index contributed by atoms with van der Waals surface area (Å²) in [5.41, 5.74) is 3.05. The quantitative estimate of drug-likeness (QED) is 0.669. The second kappa shape index (κ2) is 5.61. The monoisotopic (exact) mass is 250 g/mol. The maximum atomic E-state index is 2.32. The maximum Gasteiger partial charge on any atom is -0.0130 e. The summed E-state index contributed by atoms with van der Waals surface area (Å²) in [7, 11) is 0. The maximum absolute atomic E-state index is 2.32. The highest BCUT2D eigenvalue weighted by molar-refractivity contribution is 5.27. The van der Waals surface area contributed by atoms with Gasteiger partial charge in [0.05, 0.1) is 0 Å². The van der Waals surface area contributed by atoms with Crippen LogP contribution in [0.5, 0.6) is 0 Å². The van der Waals surface area contributed by atoms with Crippen molar-refractivity contribution in [2.45, 2.75) is 38.0 Å². The van der Waals surface area contributed by atoms with Gasteiger partial charge in [0, 0.05) is 0 Å². The predicted octanol–water partition coefficient (Wildman–Crippen LogP) is 5.37. The molecule has 0 bridgehead atoms. The van der Waals surface area contributed by atoms with E-state index in [4.69, 9.17) is 0 Å². The molecule has 3 rings (SSSR count). The molecule has 1 saturated carbocycles. The van der Waals surface area contributed by atoms with Crippen LogP contribution < -0.4 is 0 Å². The van der Waals surface area contributed by atoms with E-state index in [2.05, 4.69) is 67.6 Å². The van der Waals surface area contributed by atoms with Gasteiger partial charge >= 0.3 is 0 Å². The van der Waals surface area contributed by atoms with E-state index < -0.39 is 0 Å². The third kappa shape index (κ3) is 2.89. The number of rotatable bonds is 5. The van der Waals surface area contributed by atoms with Gasteiger partial charge in [0.1, 0.15) is 0 Å². The zero-order chi connectivity index (χ0) is 13.1. The van der Waals surface area contributed by atoms with Gasteiger partial charge in [0.2, 0.25) is 0 Å². The minimum absolute atomic E-state index is 0.736. The highest BCUT2D eigenvalue weighted by Crippen LogP contribution is 2.52. The minimum Gasteiger partial charge on any atom is -0.0648 e. The summed E-state index contributed by atoms with van der Waals surface area (Å²) < 4.78 is 0. The Morgan fingerprint density at radius 2 is 1.58 bits per heavy atom.